The summed E-state index contributed by atoms with van der Waals surface area (Å²) in [6.07, 6.45) is 0. The summed E-state index contributed by atoms with van der Waals surface area (Å²) in [6.45, 7) is 7.46. The summed E-state index contributed by atoms with van der Waals surface area (Å²) in [4.78, 5) is 0.333. The molecule has 3 nitrogen and oxygen atoms in total. The van der Waals surface area contributed by atoms with Crippen LogP contribution in [-0.4, -0.2) is 18.2 Å². The molecule has 0 aliphatic rings. The van der Waals surface area contributed by atoms with Crippen LogP contribution in [0.3, 0.4) is 0 Å². The predicted molar refractivity (Wildman–Crippen MR) is 98.5 cm³/mol. The molecule has 0 spiro atoms. The molecular formula is C19H23NO2S. The molecule has 0 aliphatic carbocycles. The molecule has 0 aromatic heterocycles. The van der Waals surface area contributed by atoms with Crippen molar-refractivity contribution in [1.29, 1.82) is 0 Å². The zero-order valence-corrected chi connectivity index (χ0v) is 14.7. The van der Waals surface area contributed by atoms with Crippen LogP contribution in [0.1, 0.15) is 31.9 Å². The van der Waals surface area contributed by atoms with Gasteiger partial charge in [-0.1, -0.05) is 57.3 Å². The van der Waals surface area contributed by atoms with E-state index in [0.717, 1.165) is 11.3 Å². The fourth-order valence-electron chi connectivity index (χ4n) is 2.16. The second-order valence-electron chi connectivity index (χ2n) is 6.33. The molecule has 0 atom stereocenters. The first-order valence-corrected chi connectivity index (χ1v) is 8.04. The summed E-state index contributed by atoms with van der Waals surface area (Å²) in [5.74, 6) is 1.52. The van der Waals surface area contributed by atoms with Crippen LogP contribution in [0, 0.1) is 0 Å². The van der Waals surface area contributed by atoms with E-state index in [1.807, 2.05) is 36.4 Å². The first-order valence-electron chi connectivity index (χ1n) is 7.63. The largest absolute Gasteiger partial charge is 0.490 e. The fourth-order valence-corrected chi connectivity index (χ4v) is 2.33. The van der Waals surface area contributed by atoms with Gasteiger partial charge in [0.2, 0.25) is 0 Å². The Labute approximate surface area is 143 Å². The molecule has 0 bridgehead atoms. The van der Waals surface area contributed by atoms with Crippen LogP contribution >= 0.6 is 12.2 Å². The van der Waals surface area contributed by atoms with Gasteiger partial charge in [0, 0.05) is 0 Å². The predicted octanol–water partition coefficient (Wildman–Crippen LogP) is 4.08. The van der Waals surface area contributed by atoms with E-state index in [9.17, 15) is 0 Å². The summed E-state index contributed by atoms with van der Waals surface area (Å²) in [6, 6.07) is 15.7. The van der Waals surface area contributed by atoms with Crippen LogP contribution in [0.25, 0.3) is 0 Å². The lowest BCUT2D eigenvalue weighted by atomic mass is 9.87. The van der Waals surface area contributed by atoms with Gasteiger partial charge in [-0.3, -0.25) is 0 Å². The topological polar surface area (TPSA) is 44.5 Å². The number of benzene rings is 2. The average Bonchev–Trinajstić information content (AvgIpc) is 2.51. The quantitative estimate of drug-likeness (QED) is 0.641. The number of hydrogen-bond acceptors (Lipinski definition) is 3. The van der Waals surface area contributed by atoms with E-state index in [4.69, 9.17) is 27.4 Å². The second kappa shape index (κ2) is 7.47. The number of para-hydroxylation sites is 1. The van der Waals surface area contributed by atoms with E-state index in [0.29, 0.717) is 24.0 Å². The number of rotatable bonds is 6. The summed E-state index contributed by atoms with van der Waals surface area (Å²) in [5.41, 5.74) is 7.86. The Bertz CT molecular complexity index is 660. The lowest BCUT2D eigenvalue weighted by Crippen LogP contribution is -2.14. The van der Waals surface area contributed by atoms with Crippen molar-refractivity contribution in [3.63, 3.8) is 0 Å². The molecule has 0 saturated heterocycles. The molecule has 0 aliphatic heterocycles. The Hall–Kier alpha value is -2.07. The van der Waals surface area contributed by atoms with Gasteiger partial charge in [0.05, 0.1) is 5.56 Å². The van der Waals surface area contributed by atoms with Crippen LogP contribution in [-0.2, 0) is 5.41 Å². The van der Waals surface area contributed by atoms with Crippen molar-refractivity contribution in [3.05, 3.63) is 59.7 Å². The van der Waals surface area contributed by atoms with Gasteiger partial charge in [0.15, 0.2) is 0 Å². The van der Waals surface area contributed by atoms with E-state index in [2.05, 4.69) is 32.9 Å². The maximum Gasteiger partial charge on any atom is 0.129 e. The highest BCUT2D eigenvalue weighted by Gasteiger charge is 2.13. The van der Waals surface area contributed by atoms with Gasteiger partial charge in [-0.05, 0) is 35.2 Å². The average molecular weight is 329 g/mol. The number of ether oxygens (including phenoxy) is 2. The Balaban J connectivity index is 1.85. The third-order valence-corrected chi connectivity index (χ3v) is 3.70. The van der Waals surface area contributed by atoms with Crippen molar-refractivity contribution in [2.45, 2.75) is 26.2 Å². The van der Waals surface area contributed by atoms with Gasteiger partial charge in [-0.15, -0.1) is 0 Å². The standard InChI is InChI=1S/C19H23NO2S/c1-19(2,3)14-8-10-15(11-9-14)21-12-13-22-17-7-5-4-6-16(17)18(20)23/h4-11H,12-13H2,1-3H3,(H2,20,23). The summed E-state index contributed by atoms with van der Waals surface area (Å²) >= 11 is 5.01. The zero-order valence-electron chi connectivity index (χ0n) is 13.8. The molecule has 2 aromatic carbocycles. The van der Waals surface area contributed by atoms with Crippen molar-refractivity contribution in [2.24, 2.45) is 5.73 Å². The van der Waals surface area contributed by atoms with Crippen molar-refractivity contribution >= 4 is 17.2 Å². The molecule has 23 heavy (non-hydrogen) atoms. The molecule has 4 heteroatoms. The molecule has 2 rings (SSSR count). The monoisotopic (exact) mass is 329 g/mol. The van der Waals surface area contributed by atoms with E-state index >= 15 is 0 Å². The molecular weight excluding hydrogens is 306 g/mol. The van der Waals surface area contributed by atoms with Crippen LogP contribution in [0.4, 0.5) is 0 Å². The molecule has 0 heterocycles. The minimum atomic E-state index is 0.145. The highest BCUT2D eigenvalue weighted by Crippen LogP contribution is 2.24. The van der Waals surface area contributed by atoms with Crippen molar-refractivity contribution in [1.82, 2.24) is 0 Å². The van der Waals surface area contributed by atoms with Crippen molar-refractivity contribution < 1.29 is 9.47 Å². The maximum absolute atomic E-state index is 5.71. The van der Waals surface area contributed by atoms with Gasteiger partial charge in [0.25, 0.3) is 0 Å². The molecule has 0 saturated carbocycles. The lowest BCUT2D eigenvalue weighted by Gasteiger charge is -2.19. The molecule has 122 valence electrons. The van der Waals surface area contributed by atoms with Crippen LogP contribution in [0.2, 0.25) is 0 Å². The van der Waals surface area contributed by atoms with Crippen molar-refractivity contribution in [2.75, 3.05) is 13.2 Å². The Morgan fingerprint density at radius 2 is 1.57 bits per heavy atom. The number of hydrogen-bond donors (Lipinski definition) is 1. The Morgan fingerprint density at radius 1 is 0.957 bits per heavy atom. The minimum Gasteiger partial charge on any atom is -0.490 e. The van der Waals surface area contributed by atoms with E-state index in [1.54, 1.807) is 0 Å². The molecule has 0 fully saturated rings. The number of nitrogens with two attached hydrogens (primary N) is 1. The Morgan fingerprint density at radius 3 is 2.17 bits per heavy atom. The van der Waals surface area contributed by atoms with Crippen LogP contribution in [0.5, 0.6) is 11.5 Å². The van der Waals surface area contributed by atoms with Crippen LogP contribution in [0.15, 0.2) is 48.5 Å². The highest BCUT2D eigenvalue weighted by molar-refractivity contribution is 7.80. The Kier molecular flexibility index (Phi) is 5.61. The molecule has 2 aromatic rings. The van der Waals surface area contributed by atoms with Gasteiger partial charge >= 0.3 is 0 Å². The fraction of sp³-hybridized carbons (Fsp3) is 0.316. The summed E-state index contributed by atoms with van der Waals surface area (Å²) in [7, 11) is 0. The second-order valence-corrected chi connectivity index (χ2v) is 6.77. The van der Waals surface area contributed by atoms with Gasteiger partial charge in [0.1, 0.15) is 29.7 Å². The minimum absolute atomic E-state index is 0.145. The maximum atomic E-state index is 5.71. The summed E-state index contributed by atoms with van der Waals surface area (Å²) in [5, 5.41) is 0. The van der Waals surface area contributed by atoms with E-state index < -0.39 is 0 Å². The van der Waals surface area contributed by atoms with E-state index in [1.165, 1.54) is 5.56 Å². The third-order valence-electron chi connectivity index (χ3n) is 3.48. The first kappa shape index (κ1) is 17.3. The number of thiocarbonyl (C=S) groups is 1. The first-order chi connectivity index (χ1) is 10.9. The van der Waals surface area contributed by atoms with Crippen molar-refractivity contribution in [3.8, 4) is 11.5 Å². The van der Waals surface area contributed by atoms with Gasteiger partial charge in [-0.2, -0.15) is 0 Å². The summed E-state index contributed by atoms with van der Waals surface area (Å²) < 4.78 is 11.4. The van der Waals surface area contributed by atoms with Gasteiger partial charge < -0.3 is 15.2 Å². The van der Waals surface area contributed by atoms with E-state index in [-0.39, 0.29) is 5.41 Å². The molecule has 0 unspecified atom stereocenters. The third kappa shape index (κ3) is 4.96. The van der Waals surface area contributed by atoms with Crippen LogP contribution < -0.4 is 15.2 Å². The molecule has 0 amide bonds. The molecule has 2 N–H and O–H groups in total. The normalized spacial score (nSPS) is 11.1. The zero-order chi connectivity index (χ0) is 16.9. The highest BCUT2D eigenvalue weighted by atomic mass is 32.1. The smallest absolute Gasteiger partial charge is 0.129 e. The van der Waals surface area contributed by atoms with Gasteiger partial charge in [-0.25, -0.2) is 0 Å². The SMILES string of the molecule is CC(C)(C)c1ccc(OCCOc2ccccc2C(N)=S)cc1. The molecule has 0 radical (unpaired) electrons. The lowest BCUT2D eigenvalue weighted by molar-refractivity contribution is 0.217.